The molecule has 4 aromatic heterocycles. The Kier molecular flexibility index (Phi) is 8.46. The van der Waals surface area contributed by atoms with Gasteiger partial charge < -0.3 is 9.72 Å². The number of hydrogen-bond donors (Lipinski definition) is 1. The number of H-pyrrole nitrogens is 1. The van der Waals surface area contributed by atoms with Gasteiger partial charge >= 0.3 is 5.69 Å². The van der Waals surface area contributed by atoms with Crippen LogP contribution < -0.4 is 16.1 Å². The minimum Gasteiger partial charge on any atom is -0.378 e. The summed E-state index contributed by atoms with van der Waals surface area (Å²) in [4.78, 5) is 53.2. The first kappa shape index (κ1) is 27.8. The van der Waals surface area contributed by atoms with Crippen molar-refractivity contribution in [3.8, 4) is 11.3 Å². The molecule has 0 aliphatic carbocycles. The Bertz CT molecular complexity index is 1600. The summed E-state index contributed by atoms with van der Waals surface area (Å²) < 4.78 is 8.72. The number of halogens is 1. The summed E-state index contributed by atoms with van der Waals surface area (Å²) in [7, 11) is 0. The maximum atomic E-state index is 13.5. The zero-order valence-corrected chi connectivity index (χ0v) is 23.5. The average molecular weight is 565 g/mol. The fraction of sp³-hybridized carbons (Fsp3) is 0.414. The van der Waals surface area contributed by atoms with E-state index in [-0.39, 0.29) is 23.3 Å². The largest absolute Gasteiger partial charge is 0.378 e. The first-order valence-corrected chi connectivity index (χ1v) is 14.2. The van der Waals surface area contributed by atoms with Gasteiger partial charge in [-0.25, -0.2) is 14.8 Å². The van der Waals surface area contributed by atoms with Gasteiger partial charge in [0.15, 0.2) is 0 Å². The molecule has 1 aliphatic rings. The number of carbonyl (C=O) groups is 1. The zero-order valence-electron chi connectivity index (χ0n) is 22.7. The van der Waals surface area contributed by atoms with Crippen molar-refractivity contribution >= 4 is 34.4 Å². The van der Waals surface area contributed by atoms with Crippen LogP contribution in [0.15, 0.2) is 52.3 Å². The van der Waals surface area contributed by atoms with E-state index in [1.807, 2.05) is 26.0 Å². The third-order valence-electron chi connectivity index (χ3n) is 7.16. The van der Waals surface area contributed by atoms with Crippen molar-refractivity contribution in [1.82, 2.24) is 24.1 Å². The van der Waals surface area contributed by atoms with E-state index >= 15 is 0 Å². The standard InChI is InChI=1S/C29H33ClN6O4/c1-3-12-34-23-16-22(33-26(23)28(38)36(13-4-2)29(34)39)19-8-10-25(32-17-19)35(14-11-21-6-5-15-40-21)27(37)20-7-9-24(30)31-18-20/h7-10,16-18,21,33H,3-6,11-15H2,1-2H3. The lowest BCUT2D eigenvalue weighted by Crippen LogP contribution is -2.39. The van der Waals surface area contributed by atoms with E-state index in [0.29, 0.717) is 65.7 Å². The van der Waals surface area contributed by atoms with Crippen molar-refractivity contribution in [3.05, 3.63) is 74.3 Å². The molecule has 1 N–H and O–H groups in total. The zero-order chi connectivity index (χ0) is 28.2. The molecule has 0 radical (unpaired) electrons. The van der Waals surface area contributed by atoms with Crippen LogP contribution >= 0.6 is 11.6 Å². The van der Waals surface area contributed by atoms with Gasteiger partial charge in [0.25, 0.3) is 11.5 Å². The summed E-state index contributed by atoms with van der Waals surface area (Å²) in [5, 5.41) is 0.314. The van der Waals surface area contributed by atoms with E-state index in [1.54, 1.807) is 33.9 Å². The number of anilines is 1. The summed E-state index contributed by atoms with van der Waals surface area (Å²) in [6.45, 7) is 5.98. The quantitative estimate of drug-likeness (QED) is 0.281. The van der Waals surface area contributed by atoms with Crippen molar-refractivity contribution < 1.29 is 9.53 Å². The lowest BCUT2D eigenvalue weighted by molar-refractivity contribution is 0.0947. The van der Waals surface area contributed by atoms with E-state index in [4.69, 9.17) is 16.3 Å². The number of pyridine rings is 2. The Balaban J connectivity index is 1.48. The molecule has 40 heavy (non-hydrogen) atoms. The minimum atomic E-state index is -0.326. The number of nitrogens with one attached hydrogen (secondary N) is 1. The molecule has 0 saturated carbocycles. The normalized spacial score (nSPS) is 15.1. The molecule has 210 valence electrons. The predicted molar refractivity (Wildman–Crippen MR) is 155 cm³/mol. The number of carbonyl (C=O) groups excluding carboxylic acids is 1. The third kappa shape index (κ3) is 5.59. The van der Waals surface area contributed by atoms with Crippen molar-refractivity contribution in [2.75, 3.05) is 18.1 Å². The SMILES string of the molecule is CCCn1c(=O)c2[nH]c(-c3ccc(N(CCC4CCCO4)C(=O)c4ccc(Cl)nc4)nc3)cc2n(CCC)c1=O. The number of aryl methyl sites for hydroxylation is 1. The number of hydrogen-bond acceptors (Lipinski definition) is 6. The van der Waals surface area contributed by atoms with Crippen LogP contribution in [0.2, 0.25) is 5.15 Å². The van der Waals surface area contributed by atoms with Crippen molar-refractivity contribution in [2.24, 2.45) is 0 Å². The van der Waals surface area contributed by atoms with Gasteiger partial charge in [-0.3, -0.25) is 23.6 Å². The van der Waals surface area contributed by atoms with Crippen LogP contribution in [0, 0.1) is 0 Å². The minimum absolute atomic E-state index is 0.113. The maximum Gasteiger partial charge on any atom is 0.331 e. The van der Waals surface area contributed by atoms with Crippen LogP contribution in [0.5, 0.6) is 0 Å². The topological polar surface area (TPSA) is 115 Å². The van der Waals surface area contributed by atoms with E-state index in [1.165, 1.54) is 10.8 Å². The fourth-order valence-corrected chi connectivity index (χ4v) is 5.25. The van der Waals surface area contributed by atoms with E-state index in [2.05, 4.69) is 15.0 Å². The number of fused-ring (bicyclic) bond motifs is 1. The van der Waals surface area contributed by atoms with Crippen LogP contribution in [0.25, 0.3) is 22.3 Å². The van der Waals surface area contributed by atoms with E-state index < -0.39 is 0 Å². The number of aromatic amines is 1. The first-order valence-electron chi connectivity index (χ1n) is 13.8. The monoisotopic (exact) mass is 564 g/mol. The molecular formula is C29H33ClN6O4. The second-order valence-electron chi connectivity index (χ2n) is 9.99. The number of aromatic nitrogens is 5. The van der Waals surface area contributed by atoms with Crippen LogP contribution in [0.4, 0.5) is 5.82 Å². The Morgan fingerprint density at radius 1 is 1.10 bits per heavy atom. The molecule has 0 aromatic carbocycles. The highest BCUT2D eigenvalue weighted by Crippen LogP contribution is 2.25. The van der Waals surface area contributed by atoms with E-state index in [9.17, 15) is 14.4 Å². The van der Waals surface area contributed by atoms with Crippen LogP contribution in [0.1, 0.15) is 56.3 Å². The summed E-state index contributed by atoms with van der Waals surface area (Å²) in [5.41, 5.74) is 2.16. The van der Waals surface area contributed by atoms with Gasteiger partial charge in [-0.15, -0.1) is 0 Å². The lowest BCUT2D eigenvalue weighted by Gasteiger charge is -2.23. The average Bonchev–Trinajstić information content (AvgIpc) is 3.65. The van der Waals surface area contributed by atoms with Gasteiger partial charge in [-0.05, 0) is 62.4 Å². The number of amides is 1. The molecular weight excluding hydrogens is 532 g/mol. The fourth-order valence-electron chi connectivity index (χ4n) is 5.13. The van der Waals surface area contributed by atoms with Crippen LogP contribution in [-0.2, 0) is 17.8 Å². The summed E-state index contributed by atoms with van der Waals surface area (Å²) in [6, 6.07) is 8.70. The molecule has 1 aliphatic heterocycles. The van der Waals surface area contributed by atoms with Gasteiger partial charge in [-0.1, -0.05) is 25.4 Å². The van der Waals surface area contributed by atoms with Crippen molar-refractivity contribution in [2.45, 2.75) is 65.1 Å². The Morgan fingerprint density at radius 3 is 2.55 bits per heavy atom. The van der Waals surface area contributed by atoms with Gasteiger partial charge in [-0.2, -0.15) is 0 Å². The molecule has 5 heterocycles. The Labute approximate surface area is 236 Å². The highest BCUT2D eigenvalue weighted by atomic mass is 35.5. The number of ether oxygens (including phenoxy) is 1. The third-order valence-corrected chi connectivity index (χ3v) is 7.38. The predicted octanol–water partition coefficient (Wildman–Crippen LogP) is 4.64. The molecule has 0 spiro atoms. The van der Waals surface area contributed by atoms with Gasteiger partial charge in [0.2, 0.25) is 0 Å². The first-order chi connectivity index (χ1) is 19.4. The molecule has 1 fully saturated rings. The molecule has 1 atom stereocenters. The Morgan fingerprint density at radius 2 is 1.90 bits per heavy atom. The molecule has 1 unspecified atom stereocenters. The van der Waals surface area contributed by atoms with Gasteiger partial charge in [0.05, 0.1) is 17.2 Å². The smallest absolute Gasteiger partial charge is 0.331 e. The molecule has 1 saturated heterocycles. The second kappa shape index (κ2) is 12.2. The number of rotatable bonds is 10. The van der Waals surface area contributed by atoms with Gasteiger partial charge in [0.1, 0.15) is 16.5 Å². The summed E-state index contributed by atoms with van der Waals surface area (Å²) >= 11 is 5.93. The maximum absolute atomic E-state index is 13.5. The molecule has 5 rings (SSSR count). The molecule has 10 nitrogen and oxygen atoms in total. The van der Waals surface area contributed by atoms with Crippen LogP contribution in [0.3, 0.4) is 0 Å². The molecule has 0 bridgehead atoms. The molecule has 1 amide bonds. The molecule has 11 heteroatoms. The van der Waals surface area contributed by atoms with Crippen LogP contribution in [-0.4, -0.2) is 49.2 Å². The van der Waals surface area contributed by atoms with Gasteiger partial charge in [0, 0.05) is 49.9 Å². The highest BCUT2D eigenvalue weighted by Gasteiger charge is 2.23. The number of nitrogens with zero attached hydrogens (tertiary/aromatic N) is 5. The lowest BCUT2D eigenvalue weighted by atomic mass is 10.1. The van der Waals surface area contributed by atoms with E-state index in [0.717, 1.165) is 31.4 Å². The van der Waals surface area contributed by atoms with Crippen molar-refractivity contribution in [1.29, 1.82) is 0 Å². The molecule has 4 aromatic rings. The summed E-state index contributed by atoms with van der Waals surface area (Å²) in [6.07, 6.45) is 7.37. The summed E-state index contributed by atoms with van der Waals surface area (Å²) in [5.74, 6) is 0.263. The second-order valence-corrected chi connectivity index (χ2v) is 10.4. The van der Waals surface area contributed by atoms with Crippen molar-refractivity contribution in [3.63, 3.8) is 0 Å². The highest BCUT2D eigenvalue weighted by molar-refractivity contribution is 6.29. The Hall–Kier alpha value is -3.76.